The zero-order valence-corrected chi connectivity index (χ0v) is 11.8. The summed E-state index contributed by atoms with van der Waals surface area (Å²) in [6.07, 6.45) is 0.400. The lowest BCUT2D eigenvalue weighted by Crippen LogP contribution is -2.31. The van der Waals surface area contributed by atoms with Crippen LogP contribution in [-0.4, -0.2) is 29.2 Å². The smallest absolute Gasteiger partial charge is 0.313 e. The first kappa shape index (κ1) is 14.5. The lowest BCUT2D eigenvalue weighted by molar-refractivity contribution is -0.140. The number of benzene rings is 1. The van der Waals surface area contributed by atoms with Gasteiger partial charge >= 0.3 is 5.97 Å². The summed E-state index contributed by atoms with van der Waals surface area (Å²) in [7, 11) is 0. The second-order valence-corrected chi connectivity index (χ2v) is 5.00. The third-order valence-corrected chi connectivity index (χ3v) is 3.32. The third-order valence-electron chi connectivity index (χ3n) is 3.00. The minimum Gasteiger partial charge on any atom is -0.425 e. The molecule has 0 N–H and O–H groups in total. The van der Waals surface area contributed by atoms with E-state index in [-0.39, 0.29) is 43.4 Å². The number of amides is 2. The second-order valence-electron chi connectivity index (χ2n) is 4.60. The highest BCUT2D eigenvalue weighted by Crippen LogP contribution is 2.25. The molecule has 1 fully saturated rings. The van der Waals surface area contributed by atoms with Gasteiger partial charge in [0.1, 0.15) is 5.75 Å². The van der Waals surface area contributed by atoms with Gasteiger partial charge < -0.3 is 4.74 Å². The van der Waals surface area contributed by atoms with Crippen molar-refractivity contribution >= 4 is 29.4 Å². The van der Waals surface area contributed by atoms with Crippen molar-refractivity contribution in [2.75, 3.05) is 6.54 Å². The summed E-state index contributed by atoms with van der Waals surface area (Å²) in [5, 5.41) is 0.345. The number of aryl methyl sites for hydroxylation is 1. The molecule has 6 heteroatoms. The van der Waals surface area contributed by atoms with Crippen molar-refractivity contribution in [2.24, 2.45) is 0 Å². The molecule has 2 amide bonds. The molecule has 5 nitrogen and oxygen atoms in total. The van der Waals surface area contributed by atoms with Crippen LogP contribution in [0.25, 0.3) is 0 Å². The van der Waals surface area contributed by atoms with E-state index in [0.717, 1.165) is 10.5 Å². The van der Waals surface area contributed by atoms with Crippen LogP contribution in [0.5, 0.6) is 5.75 Å². The maximum Gasteiger partial charge on any atom is 0.313 e. The van der Waals surface area contributed by atoms with E-state index in [0.29, 0.717) is 5.02 Å². The maximum atomic E-state index is 11.7. The number of ether oxygens (including phenoxy) is 1. The summed E-state index contributed by atoms with van der Waals surface area (Å²) >= 11 is 5.92. The molecule has 0 aliphatic carbocycles. The van der Waals surface area contributed by atoms with Gasteiger partial charge in [-0.2, -0.15) is 0 Å². The van der Waals surface area contributed by atoms with Crippen molar-refractivity contribution in [3.63, 3.8) is 0 Å². The van der Waals surface area contributed by atoms with E-state index in [1.165, 1.54) is 0 Å². The molecule has 0 radical (unpaired) electrons. The van der Waals surface area contributed by atoms with E-state index in [2.05, 4.69) is 0 Å². The molecule has 1 saturated heterocycles. The average molecular weight is 296 g/mol. The molecule has 1 aromatic carbocycles. The van der Waals surface area contributed by atoms with Crippen LogP contribution in [0.15, 0.2) is 18.2 Å². The van der Waals surface area contributed by atoms with Gasteiger partial charge in [-0.25, -0.2) is 0 Å². The Kier molecular flexibility index (Phi) is 4.39. The largest absolute Gasteiger partial charge is 0.425 e. The van der Waals surface area contributed by atoms with E-state index in [4.69, 9.17) is 16.3 Å². The average Bonchev–Trinajstić information content (AvgIpc) is 2.71. The van der Waals surface area contributed by atoms with Crippen LogP contribution >= 0.6 is 11.6 Å². The number of halogens is 1. The maximum absolute atomic E-state index is 11.7. The fraction of sp³-hybridized carbons (Fsp3) is 0.357. The van der Waals surface area contributed by atoms with Crippen molar-refractivity contribution in [1.29, 1.82) is 0 Å². The third kappa shape index (κ3) is 3.36. The standard InChI is InChI=1S/C14H14ClNO4/c1-9-2-3-10(15)11(8-9)20-14(19)6-7-16-12(17)4-5-13(16)18/h2-3,8H,4-7H2,1H3. The van der Waals surface area contributed by atoms with E-state index >= 15 is 0 Å². The number of hydrogen-bond acceptors (Lipinski definition) is 4. The number of rotatable bonds is 4. The van der Waals surface area contributed by atoms with Gasteiger partial charge in [0.05, 0.1) is 11.4 Å². The van der Waals surface area contributed by atoms with Gasteiger partial charge in [-0.1, -0.05) is 17.7 Å². The predicted octanol–water partition coefficient (Wildman–Crippen LogP) is 2.09. The van der Waals surface area contributed by atoms with Crippen LogP contribution in [0.2, 0.25) is 5.02 Å². The Morgan fingerprint density at radius 3 is 2.60 bits per heavy atom. The fourth-order valence-electron chi connectivity index (χ4n) is 1.94. The molecule has 106 valence electrons. The highest BCUT2D eigenvalue weighted by atomic mass is 35.5. The molecule has 0 saturated carbocycles. The predicted molar refractivity (Wildman–Crippen MR) is 72.4 cm³/mol. The summed E-state index contributed by atoms with van der Waals surface area (Å²) < 4.78 is 5.14. The lowest BCUT2D eigenvalue weighted by atomic mass is 10.2. The molecule has 0 bridgehead atoms. The molecule has 0 unspecified atom stereocenters. The minimum atomic E-state index is -0.523. The Balaban J connectivity index is 1.91. The molecule has 2 rings (SSSR count). The number of hydrogen-bond donors (Lipinski definition) is 0. The van der Waals surface area contributed by atoms with Gasteiger partial charge in [0, 0.05) is 19.4 Å². The van der Waals surface area contributed by atoms with E-state index in [1.807, 2.05) is 6.92 Å². The summed E-state index contributed by atoms with van der Waals surface area (Å²) in [4.78, 5) is 35.6. The summed E-state index contributed by atoms with van der Waals surface area (Å²) in [6.45, 7) is 1.91. The first-order valence-corrected chi connectivity index (χ1v) is 6.65. The van der Waals surface area contributed by atoms with Crippen LogP contribution in [-0.2, 0) is 14.4 Å². The molecule has 1 aliphatic rings. The first-order chi connectivity index (χ1) is 9.47. The summed E-state index contributed by atoms with van der Waals surface area (Å²) in [5.74, 6) is -0.714. The van der Waals surface area contributed by atoms with E-state index < -0.39 is 5.97 Å². The second kappa shape index (κ2) is 6.05. The lowest BCUT2D eigenvalue weighted by Gasteiger charge is -2.13. The SMILES string of the molecule is Cc1ccc(Cl)c(OC(=O)CCN2C(=O)CCC2=O)c1. The molecule has 0 spiro atoms. The Bertz CT molecular complexity index is 554. The Morgan fingerprint density at radius 2 is 1.95 bits per heavy atom. The normalized spacial score (nSPS) is 14.8. The van der Waals surface area contributed by atoms with Crippen molar-refractivity contribution in [3.8, 4) is 5.75 Å². The van der Waals surface area contributed by atoms with Gasteiger partial charge in [-0.3, -0.25) is 19.3 Å². The van der Waals surface area contributed by atoms with Crippen LogP contribution in [0.3, 0.4) is 0 Å². The zero-order chi connectivity index (χ0) is 14.7. The first-order valence-electron chi connectivity index (χ1n) is 6.27. The zero-order valence-electron chi connectivity index (χ0n) is 11.0. The monoisotopic (exact) mass is 295 g/mol. The molecule has 0 atom stereocenters. The number of likely N-dealkylation sites (tertiary alicyclic amines) is 1. The minimum absolute atomic E-state index is 0.0399. The molecular formula is C14H14ClNO4. The van der Waals surface area contributed by atoms with Gasteiger partial charge in [0.2, 0.25) is 11.8 Å². The van der Waals surface area contributed by atoms with Gasteiger partial charge in [0.15, 0.2) is 0 Å². The molecule has 1 heterocycles. The molecule has 20 heavy (non-hydrogen) atoms. The van der Waals surface area contributed by atoms with Gasteiger partial charge in [-0.05, 0) is 24.6 Å². The Hall–Kier alpha value is -1.88. The number of carbonyl (C=O) groups excluding carboxylic acids is 3. The number of imide groups is 1. The van der Waals surface area contributed by atoms with Crippen LogP contribution in [0.1, 0.15) is 24.8 Å². The number of carbonyl (C=O) groups is 3. The van der Waals surface area contributed by atoms with Gasteiger partial charge in [0.25, 0.3) is 0 Å². The van der Waals surface area contributed by atoms with E-state index in [1.54, 1.807) is 18.2 Å². The number of esters is 1. The quantitative estimate of drug-likeness (QED) is 0.485. The van der Waals surface area contributed by atoms with Crippen molar-refractivity contribution in [2.45, 2.75) is 26.2 Å². The van der Waals surface area contributed by atoms with Crippen LogP contribution in [0, 0.1) is 6.92 Å². The van der Waals surface area contributed by atoms with E-state index in [9.17, 15) is 14.4 Å². The molecule has 0 aromatic heterocycles. The summed E-state index contributed by atoms with van der Waals surface area (Å²) in [5.41, 5.74) is 0.919. The van der Waals surface area contributed by atoms with Gasteiger partial charge in [-0.15, -0.1) is 0 Å². The van der Waals surface area contributed by atoms with Crippen molar-refractivity contribution < 1.29 is 19.1 Å². The van der Waals surface area contributed by atoms with Crippen molar-refractivity contribution in [1.82, 2.24) is 4.90 Å². The fourth-order valence-corrected chi connectivity index (χ4v) is 2.09. The van der Waals surface area contributed by atoms with Crippen LogP contribution in [0.4, 0.5) is 0 Å². The molecular weight excluding hydrogens is 282 g/mol. The Morgan fingerprint density at radius 1 is 1.30 bits per heavy atom. The highest BCUT2D eigenvalue weighted by molar-refractivity contribution is 6.32. The number of nitrogens with zero attached hydrogens (tertiary/aromatic N) is 1. The Labute approximate surface area is 121 Å². The molecule has 1 aromatic rings. The topological polar surface area (TPSA) is 63.7 Å². The summed E-state index contributed by atoms with van der Waals surface area (Å²) in [6, 6.07) is 5.11. The van der Waals surface area contributed by atoms with Crippen LogP contribution < -0.4 is 4.74 Å². The highest BCUT2D eigenvalue weighted by Gasteiger charge is 2.29. The van der Waals surface area contributed by atoms with Crippen molar-refractivity contribution in [3.05, 3.63) is 28.8 Å². The molecule has 1 aliphatic heterocycles.